The van der Waals surface area contributed by atoms with Gasteiger partial charge in [0.2, 0.25) is 0 Å². The summed E-state index contributed by atoms with van der Waals surface area (Å²) in [7, 11) is 0. The highest BCUT2D eigenvalue weighted by Gasteiger charge is 2.17. The lowest BCUT2D eigenvalue weighted by Gasteiger charge is -2.05. The monoisotopic (exact) mass is 271 g/mol. The van der Waals surface area contributed by atoms with Gasteiger partial charge < -0.3 is 14.3 Å². The van der Waals surface area contributed by atoms with Gasteiger partial charge in [-0.15, -0.1) is 0 Å². The number of nitrogens with zero attached hydrogens (tertiary/aromatic N) is 2. The Balaban J connectivity index is 1.92. The Hall–Kier alpha value is -2.63. The Kier molecular flexibility index (Phi) is 2.98. The van der Waals surface area contributed by atoms with Crippen LogP contribution in [0, 0.1) is 13.8 Å². The second-order valence-corrected chi connectivity index (χ2v) is 4.52. The number of hydrogen-bond acceptors (Lipinski definition) is 5. The van der Waals surface area contributed by atoms with Crippen LogP contribution in [0.5, 0.6) is 0 Å². The van der Waals surface area contributed by atoms with Crippen molar-refractivity contribution >= 4 is 17.0 Å². The number of aryl methyl sites for hydroxylation is 2. The Morgan fingerprint density at radius 3 is 3.00 bits per heavy atom. The highest BCUT2D eigenvalue weighted by atomic mass is 16.5. The first-order valence-electron chi connectivity index (χ1n) is 6.19. The number of carbonyl (C=O) groups excluding carboxylic acids is 1. The normalized spacial score (nSPS) is 10.9. The predicted octanol–water partition coefficient (Wildman–Crippen LogP) is 2.36. The molecule has 0 saturated heterocycles. The van der Waals surface area contributed by atoms with Crippen LogP contribution in [0.1, 0.15) is 27.5 Å². The maximum absolute atomic E-state index is 12.3. The Morgan fingerprint density at radius 2 is 2.25 bits per heavy atom. The van der Waals surface area contributed by atoms with Gasteiger partial charge in [0, 0.05) is 5.69 Å². The lowest BCUT2D eigenvalue weighted by molar-refractivity contribution is 0.0949. The molecule has 3 heterocycles. The zero-order valence-corrected chi connectivity index (χ0v) is 11.1. The fourth-order valence-corrected chi connectivity index (χ4v) is 2.07. The molecule has 3 aromatic heterocycles. The van der Waals surface area contributed by atoms with Gasteiger partial charge in [0.1, 0.15) is 5.76 Å². The van der Waals surface area contributed by atoms with Crippen molar-refractivity contribution in [2.24, 2.45) is 0 Å². The van der Waals surface area contributed by atoms with Crippen molar-refractivity contribution < 1.29 is 13.7 Å². The van der Waals surface area contributed by atoms with Crippen LogP contribution >= 0.6 is 0 Å². The third kappa shape index (κ3) is 2.16. The quantitative estimate of drug-likeness (QED) is 0.790. The lowest BCUT2D eigenvalue weighted by Crippen LogP contribution is -2.23. The first-order chi connectivity index (χ1) is 9.65. The number of hydrogen-bond donors (Lipinski definition) is 1. The van der Waals surface area contributed by atoms with Crippen LogP contribution in [0.2, 0.25) is 0 Å². The number of amides is 1. The molecule has 102 valence electrons. The second-order valence-electron chi connectivity index (χ2n) is 4.52. The van der Waals surface area contributed by atoms with Crippen LogP contribution in [-0.4, -0.2) is 16.0 Å². The van der Waals surface area contributed by atoms with E-state index in [2.05, 4.69) is 15.5 Å². The summed E-state index contributed by atoms with van der Waals surface area (Å²) in [5.41, 5.74) is 2.25. The summed E-state index contributed by atoms with van der Waals surface area (Å²) in [5.74, 6) is 0.491. The number of carbonyl (C=O) groups is 1. The predicted molar refractivity (Wildman–Crippen MR) is 71.2 cm³/mol. The number of rotatable bonds is 3. The summed E-state index contributed by atoms with van der Waals surface area (Å²) in [6, 6.07) is 5.31. The minimum atomic E-state index is -0.205. The van der Waals surface area contributed by atoms with Gasteiger partial charge in [-0.2, -0.15) is 0 Å². The molecule has 3 rings (SSSR count). The van der Waals surface area contributed by atoms with Crippen LogP contribution < -0.4 is 5.32 Å². The molecule has 6 nitrogen and oxygen atoms in total. The fourth-order valence-electron chi connectivity index (χ4n) is 2.07. The van der Waals surface area contributed by atoms with Crippen molar-refractivity contribution in [2.45, 2.75) is 20.4 Å². The van der Waals surface area contributed by atoms with Crippen LogP contribution in [0.15, 0.2) is 33.4 Å². The van der Waals surface area contributed by atoms with E-state index in [0.29, 0.717) is 40.4 Å². The van der Waals surface area contributed by atoms with Crippen LogP contribution in [-0.2, 0) is 6.54 Å². The molecular formula is C14H13N3O3. The summed E-state index contributed by atoms with van der Waals surface area (Å²) in [5, 5.41) is 7.31. The third-order valence-corrected chi connectivity index (χ3v) is 2.99. The highest BCUT2D eigenvalue weighted by Crippen LogP contribution is 2.21. The first-order valence-corrected chi connectivity index (χ1v) is 6.19. The summed E-state index contributed by atoms with van der Waals surface area (Å²) in [6.07, 6.45) is 1.57. The van der Waals surface area contributed by atoms with Crippen molar-refractivity contribution in [2.75, 3.05) is 0 Å². The fraction of sp³-hybridized carbons (Fsp3) is 0.214. The van der Waals surface area contributed by atoms with Gasteiger partial charge in [0.05, 0.1) is 29.5 Å². The largest absolute Gasteiger partial charge is 0.467 e. The first kappa shape index (κ1) is 12.4. The SMILES string of the molecule is Cc1cc(C(=O)NCc2ccco2)c2c(C)noc2n1. The van der Waals surface area contributed by atoms with E-state index in [1.807, 2.05) is 0 Å². The van der Waals surface area contributed by atoms with Gasteiger partial charge >= 0.3 is 0 Å². The van der Waals surface area contributed by atoms with E-state index in [1.54, 1.807) is 38.3 Å². The molecule has 1 N–H and O–H groups in total. The molecule has 0 radical (unpaired) electrons. The Bertz CT molecular complexity index is 759. The summed E-state index contributed by atoms with van der Waals surface area (Å²) in [4.78, 5) is 16.5. The minimum Gasteiger partial charge on any atom is -0.467 e. The zero-order chi connectivity index (χ0) is 14.1. The van der Waals surface area contributed by atoms with E-state index >= 15 is 0 Å². The molecule has 0 aliphatic carbocycles. The molecule has 3 aromatic rings. The molecule has 0 fully saturated rings. The van der Waals surface area contributed by atoms with Crippen molar-refractivity contribution in [1.82, 2.24) is 15.5 Å². The molecule has 0 saturated carbocycles. The Morgan fingerprint density at radius 1 is 1.40 bits per heavy atom. The molecule has 1 amide bonds. The lowest BCUT2D eigenvalue weighted by atomic mass is 10.1. The molecule has 0 atom stereocenters. The van der Waals surface area contributed by atoms with Gasteiger partial charge in [-0.25, -0.2) is 4.98 Å². The Labute approximate surface area is 114 Å². The molecular weight excluding hydrogens is 258 g/mol. The molecule has 20 heavy (non-hydrogen) atoms. The van der Waals surface area contributed by atoms with E-state index in [0.717, 1.165) is 0 Å². The average Bonchev–Trinajstić information content (AvgIpc) is 3.05. The van der Waals surface area contributed by atoms with Crippen LogP contribution in [0.25, 0.3) is 11.1 Å². The standard InChI is InChI=1S/C14H13N3O3/c1-8-6-11(12-9(2)17-20-14(12)16-8)13(18)15-7-10-4-3-5-19-10/h3-6H,7H2,1-2H3,(H,15,18). The van der Waals surface area contributed by atoms with Crippen molar-refractivity contribution in [3.8, 4) is 0 Å². The molecule has 0 aliphatic rings. The van der Waals surface area contributed by atoms with E-state index in [4.69, 9.17) is 8.94 Å². The number of aromatic nitrogens is 2. The third-order valence-electron chi connectivity index (χ3n) is 2.99. The molecule has 0 unspecified atom stereocenters. The number of fused-ring (bicyclic) bond motifs is 1. The maximum Gasteiger partial charge on any atom is 0.258 e. The zero-order valence-electron chi connectivity index (χ0n) is 11.1. The average molecular weight is 271 g/mol. The highest BCUT2D eigenvalue weighted by molar-refractivity contribution is 6.05. The topological polar surface area (TPSA) is 81.2 Å². The molecule has 0 aliphatic heterocycles. The van der Waals surface area contributed by atoms with Crippen LogP contribution in [0.3, 0.4) is 0 Å². The van der Waals surface area contributed by atoms with Gasteiger partial charge in [-0.1, -0.05) is 5.16 Å². The van der Waals surface area contributed by atoms with E-state index in [-0.39, 0.29) is 5.91 Å². The second kappa shape index (κ2) is 4.80. The van der Waals surface area contributed by atoms with Gasteiger partial charge in [0.25, 0.3) is 11.6 Å². The summed E-state index contributed by atoms with van der Waals surface area (Å²) in [6.45, 7) is 3.92. The maximum atomic E-state index is 12.3. The van der Waals surface area contributed by atoms with E-state index in [9.17, 15) is 4.79 Å². The minimum absolute atomic E-state index is 0.205. The molecule has 6 heteroatoms. The smallest absolute Gasteiger partial charge is 0.258 e. The molecule has 0 spiro atoms. The van der Waals surface area contributed by atoms with Crippen molar-refractivity contribution in [3.63, 3.8) is 0 Å². The van der Waals surface area contributed by atoms with Gasteiger partial charge in [-0.05, 0) is 32.0 Å². The summed E-state index contributed by atoms with van der Waals surface area (Å²) < 4.78 is 10.3. The van der Waals surface area contributed by atoms with Gasteiger partial charge in [0.15, 0.2) is 0 Å². The number of furan rings is 1. The molecule has 0 bridgehead atoms. The van der Waals surface area contributed by atoms with Crippen molar-refractivity contribution in [3.05, 3.63) is 47.2 Å². The summed E-state index contributed by atoms with van der Waals surface area (Å²) >= 11 is 0. The van der Waals surface area contributed by atoms with Crippen molar-refractivity contribution in [1.29, 1.82) is 0 Å². The number of nitrogens with one attached hydrogen (secondary N) is 1. The van der Waals surface area contributed by atoms with Gasteiger partial charge in [-0.3, -0.25) is 4.79 Å². The van der Waals surface area contributed by atoms with E-state index in [1.165, 1.54) is 0 Å². The number of pyridine rings is 1. The van der Waals surface area contributed by atoms with Crippen LogP contribution in [0.4, 0.5) is 0 Å². The van der Waals surface area contributed by atoms with E-state index < -0.39 is 0 Å². The molecule has 0 aromatic carbocycles.